The zero-order valence-corrected chi connectivity index (χ0v) is 11.5. The maximum Gasteiger partial charge on any atom is 0.272 e. The topological polar surface area (TPSA) is 65.7 Å². The van der Waals surface area contributed by atoms with E-state index in [-0.39, 0.29) is 10.6 Å². The normalized spacial score (nSPS) is 12.7. The molecule has 1 unspecified atom stereocenters. The van der Waals surface area contributed by atoms with Crippen LogP contribution in [0.1, 0.15) is 17.6 Å². The Balaban J connectivity index is 2.16. The Labute approximate surface area is 116 Å². The molecule has 0 fully saturated rings. The summed E-state index contributed by atoms with van der Waals surface area (Å²) in [5, 5.41) is 4.00. The Hall–Kier alpha value is -1.64. The van der Waals surface area contributed by atoms with E-state index in [1.54, 1.807) is 0 Å². The van der Waals surface area contributed by atoms with E-state index >= 15 is 0 Å². The first-order valence-corrected chi connectivity index (χ1v) is 6.27. The van der Waals surface area contributed by atoms with Gasteiger partial charge in [0, 0.05) is 0 Å². The van der Waals surface area contributed by atoms with Gasteiger partial charge in [-0.15, -0.1) is 0 Å². The predicted octanol–water partition coefficient (Wildman–Crippen LogP) is 2.16. The smallest absolute Gasteiger partial charge is 0.272 e. The van der Waals surface area contributed by atoms with E-state index in [2.05, 4.69) is 36.0 Å². The molecule has 102 valence electrons. The number of hydrogen-bond acceptors (Lipinski definition) is 5. The van der Waals surface area contributed by atoms with E-state index in [0.29, 0.717) is 11.8 Å². The molecule has 0 aliphatic heterocycles. The molecule has 0 radical (unpaired) electrons. The number of rotatable bonds is 5. The summed E-state index contributed by atoms with van der Waals surface area (Å²) in [5.74, 6) is 1.11. The van der Waals surface area contributed by atoms with Gasteiger partial charge in [-0.05, 0) is 6.92 Å². The van der Waals surface area contributed by atoms with Crippen LogP contribution in [0.5, 0.6) is 5.75 Å². The Morgan fingerprint density at radius 3 is 2.58 bits per heavy atom. The first-order chi connectivity index (χ1) is 9.08. The lowest BCUT2D eigenvalue weighted by atomic mass is 10.4. The van der Waals surface area contributed by atoms with Crippen LogP contribution in [-0.2, 0) is 0 Å². The molecule has 2 aromatic rings. The molecule has 0 aliphatic carbocycles. The molecule has 0 bridgehead atoms. The van der Waals surface area contributed by atoms with Crippen LogP contribution in [0.15, 0.2) is 18.7 Å². The molecule has 2 heterocycles. The van der Waals surface area contributed by atoms with Crippen LogP contribution in [-0.4, -0.2) is 37.8 Å². The third-order valence-corrected chi connectivity index (χ3v) is 2.52. The Kier molecular flexibility index (Phi) is 4.35. The van der Waals surface area contributed by atoms with Crippen molar-refractivity contribution in [2.75, 3.05) is 6.61 Å². The van der Waals surface area contributed by atoms with Crippen LogP contribution in [0.2, 0.25) is 0 Å². The van der Waals surface area contributed by atoms with E-state index in [1.807, 2.05) is 6.92 Å². The highest BCUT2D eigenvalue weighted by atomic mass is 79.9. The molecule has 0 amide bonds. The third kappa shape index (κ3) is 3.43. The molecule has 6 nitrogen and oxygen atoms in total. The van der Waals surface area contributed by atoms with Gasteiger partial charge in [-0.25, -0.2) is 23.7 Å². The van der Waals surface area contributed by atoms with E-state index < -0.39 is 13.0 Å². The molecule has 0 spiro atoms. The summed E-state index contributed by atoms with van der Waals surface area (Å²) >= 11 is 3.38. The summed E-state index contributed by atoms with van der Waals surface area (Å²) in [4.78, 5) is 12.1. The quantitative estimate of drug-likeness (QED) is 0.784. The summed E-state index contributed by atoms with van der Waals surface area (Å²) in [6.07, 6.45) is 1.48. The summed E-state index contributed by atoms with van der Waals surface area (Å²) in [6.45, 7) is 1.20. The lowest BCUT2D eigenvalue weighted by Gasteiger charge is -2.07. The van der Waals surface area contributed by atoms with Crippen molar-refractivity contribution in [3.8, 4) is 11.7 Å². The highest BCUT2D eigenvalue weighted by molar-refractivity contribution is 9.09. The van der Waals surface area contributed by atoms with Crippen LogP contribution in [0.4, 0.5) is 8.78 Å². The average molecular weight is 334 g/mol. The Morgan fingerprint density at radius 1 is 1.32 bits per heavy atom. The van der Waals surface area contributed by atoms with Crippen LogP contribution in [0.25, 0.3) is 5.95 Å². The summed E-state index contributed by atoms with van der Waals surface area (Å²) in [5.41, 5.74) is 0. The van der Waals surface area contributed by atoms with Gasteiger partial charge in [-0.2, -0.15) is 9.78 Å². The monoisotopic (exact) mass is 333 g/mol. The van der Waals surface area contributed by atoms with Crippen molar-refractivity contribution < 1.29 is 13.5 Å². The second-order valence-corrected chi connectivity index (χ2v) is 4.94. The van der Waals surface area contributed by atoms with Gasteiger partial charge in [0.1, 0.15) is 18.8 Å². The molecule has 0 saturated carbocycles. The van der Waals surface area contributed by atoms with Crippen molar-refractivity contribution in [3.63, 3.8) is 0 Å². The fraction of sp³-hybridized carbons (Fsp3) is 0.400. The minimum Gasteiger partial charge on any atom is -0.484 e. The number of nitrogens with zero attached hydrogens (tertiary/aromatic N) is 5. The van der Waals surface area contributed by atoms with E-state index in [4.69, 9.17) is 4.74 Å². The molecule has 19 heavy (non-hydrogen) atoms. The van der Waals surface area contributed by atoms with Crippen molar-refractivity contribution in [3.05, 3.63) is 24.5 Å². The van der Waals surface area contributed by atoms with Gasteiger partial charge in [0.2, 0.25) is 0 Å². The number of ether oxygens (including phenoxy) is 1. The Morgan fingerprint density at radius 2 is 2.00 bits per heavy atom. The fourth-order valence-electron chi connectivity index (χ4n) is 1.33. The molecular weight excluding hydrogens is 324 g/mol. The predicted molar refractivity (Wildman–Crippen MR) is 65.8 cm³/mol. The van der Waals surface area contributed by atoms with Crippen molar-refractivity contribution in [2.24, 2.45) is 0 Å². The van der Waals surface area contributed by atoms with Crippen LogP contribution >= 0.6 is 15.9 Å². The Bertz CT molecular complexity index is 531. The lowest BCUT2D eigenvalue weighted by Crippen LogP contribution is -2.10. The molecule has 2 aromatic heterocycles. The summed E-state index contributed by atoms with van der Waals surface area (Å²) < 4.78 is 30.2. The zero-order valence-electron chi connectivity index (χ0n) is 9.87. The van der Waals surface area contributed by atoms with Gasteiger partial charge in [-0.3, -0.25) is 0 Å². The van der Waals surface area contributed by atoms with Gasteiger partial charge >= 0.3 is 0 Å². The van der Waals surface area contributed by atoms with Crippen LogP contribution < -0.4 is 4.74 Å². The van der Waals surface area contributed by atoms with E-state index in [1.165, 1.54) is 23.4 Å². The maximum absolute atomic E-state index is 12.0. The highest BCUT2D eigenvalue weighted by Gasteiger charge is 2.13. The zero-order chi connectivity index (χ0) is 13.8. The van der Waals surface area contributed by atoms with Crippen molar-refractivity contribution >= 4 is 15.9 Å². The molecule has 9 heteroatoms. The number of aromatic nitrogens is 5. The maximum atomic E-state index is 12.0. The van der Waals surface area contributed by atoms with Crippen molar-refractivity contribution in [2.45, 2.75) is 18.2 Å². The lowest BCUT2D eigenvalue weighted by molar-refractivity contribution is 0.0815. The van der Waals surface area contributed by atoms with Gasteiger partial charge in [0.25, 0.3) is 12.4 Å². The van der Waals surface area contributed by atoms with E-state index in [0.717, 1.165) is 0 Å². The minimum absolute atomic E-state index is 0.0200. The molecular formula is C10H10BrF2N5O. The summed E-state index contributed by atoms with van der Waals surface area (Å²) in [6, 6.07) is 0. The third-order valence-electron chi connectivity index (χ3n) is 2.11. The second kappa shape index (κ2) is 6.00. The van der Waals surface area contributed by atoms with Gasteiger partial charge in [-0.1, -0.05) is 15.9 Å². The number of halogens is 3. The summed E-state index contributed by atoms with van der Waals surface area (Å²) in [7, 11) is 0. The van der Waals surface area contributed by atoms with Crippen LogP contribution in [0, 0.1) is 0 Å². The highest BCUT2D eigenvalue weighted by Crippen LogP contribution is 2.20. The standard InChI is InChI=1S/C10H10BrF2N5O/c1-6(11)9-16-5-17-18(9)10-14-2-7(3-15-10)19-4-8(12)13/h2-3,5-6,8H,4H2,1H3. The molecule has 0 aliphatic rings. The average Bonchev–Trinajstić information content (AvgIpc) is 2.86. The number of alkyl halides is 3. The van der Waals surface area contributed by atoms with Crippen molar-refractivity contribution in [1.29, 1.82) is 0 Å². The molecule has 0 N–H and O–H groups in total. The van der Waals surface area contributed by atoms with E-state index in [9.17, 15) is 8.78 Å². The molecule has 0 aromatic carbocycles. The first-order valence-electron chi connectivity index (χ1n) is 5.35. The van der Waals surface area contributed by atoms with Crippen molar-refractivity contribution in [1.82, 2.24) is 24.7 Å². The minimum atomic E-state index is -2.53. The molecule has 0 saturated heterocycles. The van der Waals surface area contributed by atoms with Gasteiger partial charge in [0.05, 0.1) is 17.2 Å². The largest absolute Gasteiger partial charge is 0.484 e. The SMILES string of the molecule is CC(Br)c1ncnn1-c1ncc(OCC(F)F)cn1. The molecule has 2 rings (SSSR count). The number of hydrogen-bond donors (Lipinski definition) is 0. The van der Waals surface area contributed by atoms with Gasteiger partial charge in [0.15, 0.2) is 5.75 Å². The first kappa shape index (κ1) is 13.8. The fourth-order valence-corrected chi connectivity index (χ4v) is 1.64. The van der Waals surface area contributed by atoms with Gasteiger partial charge < -0.3 is 4.74 Å². The van der Waals surface area contributed by atoms with Crippen LogP contribution in [0.3, 0.4) is 0 Å². The molecule has 1 atom stereocenters. The second-order valence-electron chi connectivity index (χ2n) is 3.57.